The fourth-order valence-corrected chi connectivity index (χ4v) is 7.27. The van der Waals surface area contributed by atoms with Crippen LogP contribution in [-0.2, 0) is 0 Å². The molecular formula is C24H22F6Si2. The molecule has 0 unspecified atom stereocenters. The highest BCUT2D eigenvalue weighted by Crippen LogP contribution is 2.59. The molecule has 1 aliphatic rings. The lowest BCUT2D eigenvalue weighted by molar-refractivity contribution is 0.333. The van der Waals surface area contributed by atoms with E-state index in [1.165, 1.54) is 0 Å². The van der Waals surface area contributed by atoms with Gasteiger partial charge in [-0.2, -0.15) is 0 Å². The zero-order valence-corrected chi connectivity index (χ0v) is 19.1. The fourth-order valence-electron chi connectivity index (χ4n) is 5.27. The van der Waals surface area contributed by atoms with Gasteiger partial charge in [0, 0.05) is 18.0 Å². The first-order valence-electron chi connectivity index (χ1n) is 10.5. The van der Waals surface area contributed by atoms with Crippen LogP contribution in [0.25, 0.3) is 0 Å². The lowest BCUT2D eigenvalue weighted by atomic mass is 9.73. The standard InChI is InChI=1S/C24H22F6Si2/c25-31(26,27)15-21(17-9-3-1-4-10-17)24-22(16-32(28,29)30)19-13-7-8-14-20(19)23(24)18-11-5-2-6-12-18/h1-14,21-24H,15-16H2/t21-,22+,23-,24-/m0/s1. The van der Waals surface area contributed by atoms with Gasteiger partial charge in [0.05, 0.1) is 0 Å². The van der Waals surface area contributed by atoms with Gasteiger partial charge >= 0.3 is 18.2 Å². The molecule has 4 rings (SSSR count). The maximum absolute atomic E-state index is 13.9. The van der Waals surface area contributed by atoms with Gasteiger partial charge in [0.15, 0.2) is 0 Å². The van der Waals surface area contributed by atoms with Gasteiger partial charge in [-0.15, -0.1) is 0 Å². The van der Waals surface area contributed by atoms with Crippen molar-refractivity contribution in [1.82, 2.24) is 0 Å². The summed E-state index contributed by atoms with van der Waals surface area (Å²) in [6.07, 6.45) is 0. The first-order valence-corrected chi connectivity index (χ1v) is 14.1. The largest absolute Gasteiger partial charge is 0.616 e. The monoisotopic (exact) mass is 480 g/mol. The Balaban J connectivity index is 1.92. The molecule has 4 atom stereocenters. The summed E-state index contributed by atoms with van der Waals surface area (Å²) < 4.78 is 83.2. The molecule has 0 amide bonds. The summed E-state index contributed by atoms with van der Waals surface area (Å²) in [6, 6.07) is 22.2. The Hall–Kier alpha value is -2.33. The van der Waals surface area contributed by atoms with Gasteiger partial charge in [-0.05, 0) is 40.0 Å². The summed E-state index contributed by atoms with van der Waals surface area (Å²) in [6.45, 7) is 0. The minimum Gasteiger partial charge on any atom is -0.238 e. The highest BCUT2D eigenvalue weighted by molar-refractivity contribution is 6.59. The van der Waals surface area contributed by atoms with Crippen LogP contribution in [0.15, 0.2) is 84.9 Å². The van der Waals surface area contributed by atoms with Crippen molar-refractivity contribution in [2.24, 2.45) is 5.92 Å². The second-order valence-electron chi connectivity index (χ2n) is 8.36. The number of rotatable bonds is 7. The summed E-state index contributed by atoms with van der Waals surface area (Å²) in [7, 11) is -12.1. The number of hydrogen-bond donors (Lipinski definition) is 0. The third kappa shape index (κ3) is 5.01. The van der Waals surface area contributed by atoms with Crippen LogP contribution in [0, 0.1) is 5.92 Å². The van der Waals surface area contributed by atoms with Gasteiger partial charge in [0.25, 0.3) is 0 Å². The lowest BCUT2D eigenvalue weighted by Gasteiger charge is -2.34. The van der Waals surface area contributed by atoms with E-state index >= 15 is 0 Å². The van der Waals surface area contributed by atoms with E-state index in [-0.39, 0.29) is 0 Å². The summed E-state index contributed by atoms with van der Waals surface area (Å²) in [5, 5.41) is 0. The molecular weight excluding hydrogens is 458 g/mol. The van der Waals surface area contributed by atoms with Crippen LogP contribution in [0.4, 0.5) is 24.6 Å². The van der Waals surface area contributed by atoms with E-state index in [0.29, 0.717) is 11.1 Å². The quantitative estimate of drug-likeness (QED) is 0.183. The van der Waals surface area contributed by atoms with E-state index in [2.05, 4.69) is 0 Å². The molecule has 3 aromatic rings. The third-order valence-corrected chi connectivity index (χ3v) is 8.14. The van der Waals surface area contributed by atoms with E-state index in [9.17, 15) is 24.6 Å². The minimum absolute atomic E-state index is 0.463. The van der Waals surface area contributed by atoms with Crippen LogP contribution in [-0.4, -0.2) is 18.2 Å². The number of halogens is 6. The van der Waals surface area contributed by atoms with Crippen LogP contribution in [0.5, 0.6) is 0 Å². The molecule has 168 valence electrons. The van der Waals surface area contributed by atoms with E-state index in [1.807, 2.05) is 12.1 Å². The third-order valence-electron chi connectivity index (χ3n) is 6.33. The van der Waals surface area contributed by atoms with Gasteiger partial charge in [-0.25, -0.2) is 24.6 Å². The van der Waals surface area contributed by atoms with Crippen molar-refractivity contribution >= 4 is 18.2 Å². The number of fused-ring (bicyclic) bond motifs is 1. The van der Waals surface area contributed by atoms with Crippen LogP contribution in [0.1, 0.15) is 40.0 Å². The highest BCUT2D eigenvalue weighted by atomic mass is 28.5. The average Bonchev–Trinajstić information content (AvgIpc) is 3.05. The fraction of sp³-hybridized carbons (Fsp3) is 0.250. The van der Waals surface area contributed by atoms with E-state index in [0.717, 1.165) is 11.1 Å². The molecule has 3 aromatic carbocycles. The Morgan fingerprint density at radius 1 is 0.625 bits per heavy atom. The predicted molar refractivity (Wildman–Crippen MR) is 118 cm³/mol. The van der Waals surface area contributed by atoms with Crippen molar-refractivity contribution in [1.29, 1.82) is 0 Å². The summed E-state index contributed by atoms with van der Waals surface area (Å²) >= 11 is 0. The van der Waals surface area contributed by atoms with Gasteiger partial charge in [-0.1, -0.05) is 84.9 Å². The molecule has 0 bridgehead atoms. The molecule has 1 aliphatic carbocycles. The smallest absolute Gasteiger partial charge is 0.238 e. The topological polar surface area (TPSA) is 0 Å². The van der Waals surface area contributed by atoms with Crippen LogP contribution in [0.3, 0.4) is 0 Å². The molecule has 8 heteroatoms. The molecule has 0 spiro atoms. The molecule has 0 nitrogen and oxygen atoms in total. The molecule has 0 aromatic heterocycles. The van der Waals surface area contributed by atoms with E-state index in [4.69, 9.17) is 0 Å². The van der Waals surface area contributed by atoms with Crippen LogP contribution >= 0.6 is 0 Å². The zero-order valence-electron chi connectivity index (χ0n) is 17.1. The summed E-state index contributed by atoms with van der Waals surface area (Å²) in [4.78, 5) is 0. The zero-order chi connectivity index (χ0) is 22.9. The van der Waals surface area contributed by atoms with Crippen molar-refractivity contribution in [3.63, 3.8) is 0 Å². The molecule has 0 aliphatic heterocycles. The minimum atomic E-state index is -6.06. The van der Waals surface area contributed by atoms with Crippen molar-refractivity contribution in [2.75, 3.05) is 0 Å². The molecule has 32 heavy (non-hydrogen) atoms. The predicted octanol–water partition coefficient (Wildman–Crippen LogP) is 8.01. The Morgan fingerprint density at radius 3 is 1.72 bits per heavy atom. The molecule has 0 saturated carbocycles. The van der Waals surface area contributed by atoms with Crippen molar-refractivity contribution in [2.45, 2.75) is 29.8 Å². The second-order valence-corrected chi connectivity index (χ2v) is 11.6. The van der Waals surface area contributed by atoms with Gasteiger partial charge in [-0.3, -0.25) is 0 Å². The Kier molecular flexibility index (Phi) is 6.36. The number of benzene rings is 3. The Morgan fingerprint density at radius 2 is 1.16 bits per heavy atom. The highest BCUT2D eigenvalue weighted by Gasteiger charge is 2.54. The number of hydrogen-bond acceptors (Lipinski definition) is 0. The van der Waals surface area contributed by atoms with E-state index < -0.39 is 53.9 Å². The maximum atomic E-state index is 13.9. The van der Waals surface area contributed by atoms with Crippen LogP contribution in [0.2, 0.25) is 12.1 Å². The Labute approximate surface area is 186 Å². The normalized spacial score (nSPS) is 21.9. The second kappa shape index (κ2) is 8.90. The van der Waals surface area contributed by atoms with Gasteiger partial charge < -0.3 is 0 Å². The SMILES string of the molecule is F[Si](F)(F)C[C@@H]1c2ccccc2[C@H](c2ccccc2)[C@H]1[C@@H](C[Si](F)(F)F)c1ccccc1. The maximum Gasteiger partial charge on any atom is 0.616 e. The van der Waals surface area contributed by atoms with Crippen LogP contribution < -0.4 is 0 Å². The molecule has 0 radical (unpaired) electrons. The molecule has 0 fully saturated rings. The van der Waals surface area contributed by atoms with Crippen molar-refractivity contribution in [3.05, 3.63) is 107 Å². The van der Waals surface area contributed by atoms with Gasteiger partial charge in [0.1, 0.15) is 0 Å². The summed E-state index contributed by atoms with van der Waals surface area (Å²) in [5.74, 6) is -3.35. The van der Waals surface area contributed by atoms with Crippen molar-refractivity contribution in [3.8, 4) is 0 Å². The van der Waals surface area contributed by atoms with Gasteiger partial charge in [0.2, 0.25) is 0 Å². The Bertz CT molecular complexity index is 1030. The molecule has 0 N–H and O–H groups in total. The molecule has 0 heterocycles. The van der Waals surface area contributed by atoms with E-state index in [1.54, 1.807) is 72.8 Å². The first kappa shape index (κ1) is 22.9. The average molecular weight is 481 g/mol. The first-order chi connectivity index (χ1) is 15.1. The molecule has 0 saturated heterocycles. The van der Waals surface area contributed by atoms with Crippen molar-refractivity contribution < 1.29 is 24.6 Å². The lowest BCUT2D eigenvalue weighted by Crippen LogP contribution is -2.31. The summed E-state index contributed by atoms with van der Waals surface area (Å²) in [5.41, 5.74) is 2.49.